The Labute approximate surface area is 102 Å². The molecule has 0 fully saturated rings. The minimum absolute atomic E-state index is 0.227. The highest BCUT2D eigenvalue weighted by Crippen LogP contribution is 2.21. The van der Waals surface area contributed by atoms with E-state index in [1.54, 1.807) is 0 Å². The maximum absolute atomic E-state index is 5.42. The first kappa shape index (κ1) is 15.1. The topological polar surface area (TPSA) is 0 Å². The van der Waals surface area contributed by atoms with E-state index in [2.05, 4.69) is 34.6 Å². The van der Waals surface area contributed by atoms with E-state index in [9.17, 15) is 0 Å². The normalized spacial score (nSPS) is 13.9. The second kappa shape index (κ2) is 7.38. The van der Waals surface area contributed by atoms with Gasteiger partial charge in [0.2, 0.25) is 0 Å². The molecule has 0 aliphatic carbocycles. The lowest BCUT2D eigenvalue weighted by atomic mass is 9.88. The molecule has 0 saturated heterocycles. The third-order valence-corrected chi connectivity index (χ3v) is 3.79. The van der Waals surface area contributed by atoms with Crippen LogP contribution in [0.25, 0.3) is 0 Å². The van der Waals surface area contributed by atoms with Crippen LogP contribution < -0.4 is 0 Å². The van der Waals surface area contributed by atoms with Gasteiger partial charge in [0, 0.05) is 0 Å². The van der Waals surface area contributed by atoms with Crippen LogP contribution in [-0.2, 0) is 0 Å². The predicted molar refractivity (Wildman–Crippen MR) is 74.6 cm³/mol. The molecule has 90 valence electrons. The Bertz CT molecular complexity index is 176. The molecule has 0 rings (SSSR count). The zero-order valence-corrected chi connectivity index (χ0v) is 12.0. The molecule has 0 aliphatic rings. The molecule has 0 nitrogen and oxygen atoms in total. The lowest BCUT2D eigenvalue weighted by Crippen LogP contribution is -2.17. The van der Waals surface area contributed by atoms with Crippen molar-refractivity contribution in [3.63, 3.8) is 0 Å². The molecule has 0 aliphatic heterocycles. The molecule has 1 unspecified atom stereocenters. The van der Waals surface area contributed by atoms with E-state index in [0.29, 0.717) is 0 Å². The van der Waals surface area contributed by atoms with Gasteiger partial charge in [0.25, 0.3) is 0 Å². The van der Waals surface area contributed by atoms with Gasteiger partial charge in [-0.3, -0.25) is 0 Å². The smallest absolute Gasteiger partial charge is 0.00180 e. The molecule has 1 heteroatoms. The van der Waals surface area contributed by atoms with Crippen LogP contribution >= 0.6 is 12.2 Å². The van der Waals surface area contributed by atoms with Crippen LogP contribution in [0, 0.1) is 11.3 Å². The van der Waals surface area contributed by atoms with E-state index >= 15 is 0 Å². The lowest BCUT2D eigenvalue weighted by Gasteiger charge is -2.20. The fourth-order valence-corrected chi connectivity index (χ4v) is 1.93. The summed E-state index contributed by atoms with van der Waals surface area (Å²) in [5.74, 6) is 0.901. The minimum atomic E-state index is 0.227. The van der Waals surface area contributed by atoms with Crippen molar-refractivity contribution in [2.24, 2.45) is 11.3 Å². The van der Waals surface area contributed by atoms with E-state index in [4.69, 9.17) is 12.2 Å². The van der Waals surface area contributed by atoms with Gasteiger partial charge in [-0.15, -0.1) is 0 Å². The summed E-state index contributed by atoms with van der Waals surface area (Å²) in [6, 6.07) is 0. The van der Waals surface area contributed by atoms with Crippen LogP contribution in [0.15, 0.2) is 0 Å². The second-order valence-electron chi connectivity index (χ2n) is 5.81. The van der Waals surface area contributed by atoms with E-state index in [0.717, 1.165) is 12.3 Å². The van der Waals surface area contributed by atoms with Crippen molar-refractivity contribution < 1.29 is 0 Å². The number of rotatable bonds is 7. The number of unbranched alkanes of at least 4 members (excludes halogenated alkanes) is 1. The van der Waals surface area contributed by atoms with Crippen molar-refractivity contribution in [3.05, 3.63) is 0 Å². The Morgan fingerprint density at radius 1 is 1.13 bits per heavy atom. The quantitative estimate of drug-likeness (QED) is 0.415. The Balaban J connectivity index is 3.51. The summed E-state index contributed by atoms with van der Waals surface area (Å²) >= 11 is 5.42. The van der Waals surface area contributed by atoms with Gasteiger partial charge in [-0.2, -0.15) is 0 Å². The molecular formula is C14H28S. The molecule has 0 radical (unpaired) electrons. The highest BCUT2D eigenvalue weighted by Gasteiger charge is 2.15. The third-order valence-electron chi connectivity index (χ3n) is 2.97. The Hall–Kier alpha value is 0.0900. The molecule has 0 spiro atoms. The Morgan fingerprint density at radius 3 is 2.20 bits per heavy atom. The number of hydrogen-bond acceptors (Lipinski definition) is 1. The number of hydrogen-bond donors (Lipinski definition) is 0. The fraction of sp³-hybridized carbons (Fsp3) is 0.929. The third kappa shape index (κ3) is 7.96. The molecule has 15 heavy (non-hydrogen) atoms. The van der Waals surface area contributed by atoms with Crippen molar-refractivity contribution in [2.75, 3.05) is 0 Å². The molecule has 0 bridgehead atoms. The zero-order valence-electron chi connectivity index (χ0n) is 11.2. The number of thiocarbonyl (C=S) groups is 1. The van der Waals surface area contributed by atoms with Gasteiger partial charge in [-0.25, -0.2) is 0 Å². The Kier molecular flexibility index (Phi) is 7.42. The van der Waals surface area contributed by atoms with Crippen LogP contribution in [0.5, 0.6) is 0 Å². The van der Waals surface area contributed by atoms with Crippen LogP contribution in [-0.4, -0.2) is 4.86 Å². The van der Waals surface area contributed by atoms with Gasteiger partial charge in [0.1, 0.15) is 0 Å². The minimum Gasteiger partial charge on any atom is -0.0891 e. The summed E-state index contributed by atoms with van der Waals surface area (Å²) in [5, 5.41) is 0. The second-order valence-corrected chi connectivity index (χ2v) is 6.31. The van der Waals surface area contributed by atoms with Gasteiger partial charge in [-0.05, 0) is 29.0 Å². The summed E-state index contributed by atoms with van der Waals surface area (Å²) in [5.41, 5.74) is 0.227. The maximum Gasteiger partial charge on any atom is -0.00180 e. The summed E-state index contributed by atoms with van der Waals surface area (Å²) < 4.78 is 0. The molecule has 1 atom stereocenters. The molecule has 0 aromatic carbocycles. The van der Waals surface area contributed by atoms with Crippen molar-refractivity contribution in [3.8, 4) is 0 Å². The van der Waals surface area contributed by atoms with Crippen LogP contribution in [0.2, 0.25) is 0 Å². The average molecular weight is 228 g/mol. The summed E-state index contributed by atoms with van der Waals surface area (Å²) in [6.45, 7) is 11.3. The first-order valence-electron chi connectivity index (χ1n) is 6.41. The van der Waals surface area contributed by atoms with Gasteiger partial charge >= 0.3 is 0 Å². The van der Waals surface area contributed by atoms with Crippen molar-refractivity contribution in [1.29, 1.82) is 0 Å². The monoisotopic (exact) mass is 228 g/mol. The average Bonchev–Trinajstić information content (AvgIpc) is 2.11. The standard InChI is InChI=1S/C14H28S/c1-6-9-12(2)10-7-8-11-13(15)14(3,4)5/h12H,6-11H2,1-5H3. The van der Waals surface area contributed by atoms with Gasteiger partial charge < -0.3 is 0 Å². The predicted octanol–water partition coefficient (Wildman–Crippen LogP) is 5.40. The molecule has 0 aromatic heterocycles. The van der Waals surface area contributed by atoms with Gasteiger partial charge in [-0.1, -0.05) is 72.5 Å². The van der Waals surface area contributed by atoms with Crippen molar-refractivity contribution in [1.82, 2.24) is 0 Å². The van der Waals surface area contributed by atoms with Crippen LogP contribution in [0.3, 0.4) is 0 Å². The summed E-state index contributed by atoms with van der Waals surface area (Å²) in [6.07, 6.45) is 7.84. The molecule has 0 amide bonds. The first-order valence-corrected chi connectivity index (χ1v) is 6.82. The van der Waals surface area contributed by atoms with E-state index in [1.165, 1.54) is 37.0 Å². The van der Waals surface area contributed by atoms with E-state index in [-0.39, 0.29) is 5.41 Å². The lowest BCUT2D eigenvalue weighted by molar-refractivity contribution is 0.461. The molecule has 0 heterocycles. The molecule has 0 N–H and O–H groups in total. The maximum atomic E-state index is 5.42. The first-order chi connectivity index (χ1) is 6.88. The highest BCUT2D eigenvalue weighted by atomic mass is 32.1. The SMILES string of the molecule is CCCC(C)CCCCC(=S)C(C)(C)C. The van der Waals surface area contributed by atoms with Crippen LogP contribution in [0.4, 0.5) is 0 Å². The van der Waals surface area contributed by atoms with E-state index < -0.39 is 0 Å². The van der Waals surface area contributed by atoms with Crippen molar-refractivity contribution in [2.45, 2.75) is 73.1 Å². The van der Waals surface area contributed by atoms with E-state index in [1.807, 2.05) is 0 Å². The summed E-state index contributed by atoms with van der Waals surface area (Å²) in [7, 11) is 0. The molecule has 0 saturated carbocycles. The Morgan fingerprint density at radius 2 is 1.73 bits per heavy atom. The molecule has 0 aromatic rings. The zero-order chi connectivity index (χ0) is 11.9. The largest absolute Gasteiger partial charge is 0.0891 e. The van der Waals surface area contributed by atoms with Crippen LogP contribution in [0.1, 0.15) is 73.1 Å². The fourth-order valence-electron chi connectivity index (χ4n) is 1.79. The highest BCUT2D eigenvalue weighted by molar-refractivity contribution is 7.80. The van der Waals surface area contributed by atoms with Crippen molar-refractivity contribution >= 4 is 17.1 Å². The van der Waals surface area contributed by atoms with Gasteiger partial charge in [0.05, 0.1) is 0 Å². The van der Waals surface area contributed by atoms with Gasteiger partial charge in [0.15, 0.2) is 0 Å². The summed E-state index contributed by atoms with van der Waals surface area (Å²) in [4.78, 5) is 1.24. The molecular weight excluding hydrogens is 200 g/mol.